The van der Waals surface area contributed by atoms with Gasteiger partial charge in [0.25, 0.3) is 0 Å². The molecule has 0 fully saturated rings. The highest BCUT2D eigenvalue weighted by Gasteiger charge is 2.36. The fourth-order valence-electron chi connectivity index (χ4n) is 2.22. The van der Waals surface area contributed by atoms with E-state index in [1.165, 1.54) is 0 Å². The molecule has 0 aromatic carbocycles. The second-order valence-corrected chi connectivity index (χ2v) is 5.67. The van der Waals surface area contributed by atoms with E-state index >= 15 is 0 Å². The Hall–Kier alpha value is -1.11. The molecule has 4 nitrogen and oxygen atoms in total. The largest absolute Gasteiger partial charge is 0.396 e. The molecule has 1 unspecified atom stereocenters. The molecule has 2 rings (SSSR count). The van der Waals surface area contributed by atoms with Crippen molar-refractivity contribution in [3.8, 4) is 0 Å². The summed E-state index contributed by atoms with van der Waals surface area (Å²) >= 11 is 0. The topological polar surface area (TPSA) is 42.7 Å². The van der Waals surface area contributed by atoms with Gasteiger partial charge in [-0.1, -0.05) is 20.8 Å². The van der Waals surface area contributed by atoms with E-state index in [4.69, 9.17) is 0 Å². The number of aromatic nitrogens is 3. The molecule has 0 saturated carbocycles. The predicted molar refractivity (Wildman–Crippen MR) is 60.0 cm³/mol. The lowest BCUT2D eigenvalue weighted by molar-refractivity contribution is -0.129. The van der Waals surface area contributed by atoms with Gasteiger partial charge in [0.1, 0.15) is 12.2 Å². The van der Waals surface area contributed by atoms with Gasteiger partial charge < -0.3 is 9.88 Å². The Labute approximate surface area is 104 Å². The van der Waals surface area contributed by atoms with E-state index in [-0.39, 0.29) is 17.3 Å². The van der Waals surface area contributed by atoms with Gasteiger partial charge in [0.15, 0.2) is 5.82 Å². The molecule has 0 radical (unpaired) electrons. The van der Waals surface area contributed by atoms with Gasteiger partial charge in [-0.3, -0.25) is 0 Å². The first-order valence-electron chi connectivity index (χ1n) is 5.90. The summed E-state index contributed by atoms with van der Waals surface area (Å²) in [4.78, 5) is 0. The summed E-state index contributed by atoms with van der Waals surface area (Å²) in [6.07, 6.45) is -5.26. The lowest BCUT2D eigenvalue weighted by Gasteiger charge is -2.34. The first-order chi connectivity index (χ1) is 8.18. The zero-order valence-electron chi connectivity index (χ0n) is 10.7. The summed E-state index contributed by atoms with van der Waals surface area (Å²) in [5.41, 5.74) is -0.110. The van der Waals surface area contributed by atoms with Gasteiger partial charge in [0, 0.05) is 13.1 Å². The normalized spacial score (nSPS) is 20.9. The smallest absolute Gasteiger partial charge is 0.312 e. The van der Waals surface area contributed by atoms with Crippen molar-refractivity contribution < 1.29 is 13.2 Å². The summed E-state index contributed by atoms with van der Waals surface area (Å²) in [7, 11) is 0. The number of rotatable bonds is 1. The second-order valence-electron chi connectivity index (χ2n) is 5.67. The molecule has 2 heterocycles. The Balaban J connectivity index is 2.32. The molecule has 0 spiro atoms. The van der Waals surface area contributed by atoms with Crippen molar-refractivity contribution in [1.29, 1.82) is 0 Å². The Morgan fingerprint density at radius 2 is 1.94 bits per heavy atom. The van der Waals surface area contributed by atoms with Crippen LogP contribution in [0.25, 0.3) is 0 Å². The highest BCUT2D eigenvalue weighted by atomic mass is 19.4. The van der Waals surface area contributed by atoms with Crippen LogP contribution in [-0.2, 0) is 13.0 Å². The monoisotopic (exact) mass is 262 g/mol. The second kappa shape index (κ2) is 4.22. The molecule has 1 aliphatic rings. The number of fused-ring (bicyclic) bond motifs is 1. The number of nitrogens with one attached hydrogen (secondary N) is 1. The molecule has 0 saturated heterocycles. The van der Waals surface area contributed by atoms with E-state index in [2.05, 4.69) is 15.5 Å². The maximum Gasteiger partial charge on any atom is 0.396 e. The third-order valence-electron chi connectivity index (χ3n) is 3.02. The molecular weight excluding hydrogens is 245 g/mol. The van der Waals surface area contributed by atoms with Crippen molar-refractivity contribution >= 4 is 0 Å². The molecule has 0 bridgehead atoms. The van der Waals surface area contributed by atoms with Crippen LogP contribution in [-0.4, -0.2) is 27.5 Å². The van der Waals surface area contributed by atoms with Crippen LogP contribution in [0.1, 0.15) is 38.5 Å². The van der Waals surface area contributed by atoms with Crippen molar-refractivity contribution in [3.05, 3.63) is 11.6 Å². The average Bonchev–Trinajstić information content (AvgIpc) is 2.57. The minimum Gasteiger partial charge on any atom is -0.312 e. The molecule has 102 valence electrons. The van der Waals surface area contributed by atoms with Crippen molar-refractivity contribution in [3.63, 3.8) is 0 Å². The van der Waals surface area contributed by atoms with Crippen LogP contribution >= 0.6 is 0 Å². The van der Waals surface area contributed by atoms with E-state index in [1.807, 2.05) is 20.8 Å². The summed E-state index contributed by atoms with van der Waals surface area (Å²) in [5.74, 6) is 0.612. The Kier molecular flexibility index (Phi) is 3.12. The van der Waals surface area contributed by atoms with Gasteiger partial charge in [-0.15, -0.1) is 10.2 Å². The summed E-state index contributed by atoms with van der Waals surface area (Å²) in [5, 5.41) is 10.9. The fraction of sp³-hybridized carbons (Fsp3) is 0.818. The van der Waals surface area contributed by atoms with E-state index in [1.54, 1.807) is 4.57 Å². The van der Waals surface area contributed by atoms with Crippen LogP contribution in [0, 0.1) is 5.41 Å². The summed E-state index contributed by atoms with van der Waals surface area (Å²) in [6, 6.07) is -0.0688. The zero-order chi connectivity index (χ0) is 13.6. The lowest BCUT2D eigenvalue weighted by atomic mass is 9.85. The van der Waals surface area contributed by atoms with Gasteiger partial charge in [0.2, 0.25) is 0 Å². The third kappa shape index (κ3) is 2.66. The molecule has 0 amide bonds. The molecule has 1 N–H and O–H groups in total. The third-order valence-corrected chi connectivity index (χ3v) is 3.02. The van der Waals surface area contributed by atoms with Gasteiger partial charge in [-0.2, -0.15) is 13.2 Å². The van der Waals surface area contributed by atoms with Gasteiger partial charge in [0.05, 0.1) is 6.04 Å². The summed E-state index contributed by atoms with van der Waals surface area (Å²) < 4.78 is 38.9. The highest BCUT2D eigenvalue weighted by molar-refractivity contribution is 5.08. The Bertz CT molecular complexity index is 430. The maximum absolute atomic E-state index is 12.4. The quantitative estimate of drug-likeness (QED) is 0.842. The van der Waals surface area contributed by atoms with Crippen molar-refractivity contribution in [2.75, 3.05) is 6.54 Å². The van der Waals surface area contributed by atoms with E-state index in [0.29, 0.717) is 18.9 Å². The van der Waals surface area contributed by atoms with Gasteiger partial charge in [-0.25, -0.2) is 0 Å². The number of alkyl halides is 3. The van der Waals surface area contributed by atoms with Crippen molar-refractivity contribution in [1.82, 2.24) is 20.1 Å². The molecular formula is C11H17F3N4. The molecule has 18 heavy (non-hydrogen) atoms. The average molecular weight is 262 g/mol. The van der Waals surface area contributed by atoms with Crippen LogP contribution in [0.4, 0.5) is 13.2 Å². The lowest BCUT2D eigenvalue weighted by Crippen LogP contribution is -2.41. The van der Waals surface area contributed by atoms with Crippen LogP contribution < -0.4 is 5.32 Å². The SMILES string of the molecule is CC(C)(C)C1NCCn2c(CC(F)(F)F)nnc21. The Morgan fingerprint density at radius 3 is 2.50 bits per heavy atom. The zero-order valence-corrected chi connectivity index (χ0v) is 10.7. The van der Waals surface area contributed by atoms with E-state index in [0.717, 1.165) is 0 Å². The highest BCUT2D eigenvalue weighted by Crippen LogP contribution is 2.34. The minimum absolute atomic E-state index is 0.00764. The standard InChI is InChI=1S/C11H17F3N4/c1-10(2,3)8-9-17-16-7(6-11(12,13)14)18(9)5-4-15-8/h8,15H,4-6H2,1-3H3. The van der Waals surface area contributed by atoms with Crippen molar-refractivity contribution in [2.24, 2.45) is 5.41 Å². The van der Waals surface area contributed by atoms with Gasteiger partial charge >= 0.3 is 6.18 Å². The summed E-state index contributed by atoms with van der Waals surface area (Å²) in [6.45, 7) is 7.20. The predicted octanol–water partition coefficient (Wildman–Crippen LogP) is 2.07. The number of hydrogen-bond donors (Lipinski definition) is 1. The van der Waals surface area contributed by atoms with Gasteiger partial charge in [-0.05, 0) is 5.41 Å². The fourth-order valence-corrected chi connectivity index (χ4v) is 2.22. The van der Waals surface area contributed by atoms with E-state index in [9.17, 15) is 13.2 Å². The molecule has 1 atom stereocenters. The number of halogens is 3. The number of hydrogen-bond acceptors (Lipinski definition) is 3. The van der Waals surface area contributed by atoms with Crippen LogP contribution in [0.5, 0.6) is 0 Å². The van der Waals surface area contributed by atoms with Crippen LogP contribution in [0.15, 0.2) is 0 Å². The maximum atomic E-state index is 12.4. The first kappa shape index (κ1) is 13.3. The first-order valence-corrected chi connectivity index (χ1v) is 5.90. The molecule has 7 heteroatoms. The van der Waals surface area contributed by atoms with E-state index < -0.39 is 12.6 Å². The minimum atomic E-state index is -4.24. The molecule has 0 aliphatic carbocycles. The molecule has 1 aromatic heterocycles. The molecule has 1 aromatic rings. The number of nitrogens with zero attached hydrogens (tertiary/aromatic N) is 3. The molecule has 1 aliphatic heterocycles. The Morgan fingerprint density at radius 1 is 1.28 bits per heavy atom. The van der Waals surface area contributed by atoms with Crippen LogP contribution in [0.3, 0.4) is 0 Å². The van der Waals surface area contributed by atoms with Crippen molar-refractivity contribution in [2.45, 2.75) is 46.0 Å². The van der Waals surface area contributed by atoms with Crippen LogP contribution in [0.2, 0.25) is 0 Å².